The molecule has 234 valence electrons. The smallest absolute Gasteiger partial charge is 0.187 e. The molecule has 0 amide bonds. The Balaban J connectivity index is 1.83. The molecule has 10 N–H and O–H groups in total. The Labute approximate surface area is 230 Å². The van der Waals surface area contributed by atoms with E-state index in [9.17, 15) is 51.1 Å². The zero-order chi connectivity index (χ0) is 29.6. The van der Waals surface area contributed by atoms with Crippen molar-refractivity contribution in [3.63, 3.8) is 0 Å². The number of hydrogen-bond acceptors (Lipinski definition) is 16. The van der Waals surface area contributed by atoms with Crippen LogP contribution in [-0.4, -0.2) is 170 Å². The van der Waals surface area contributed by atoms with Crippen molar-refractivity contribution in [2.24, 2.45) is 0 Å². The SMILES string of the molecule is C=CCCCCO[C@H]1OC(CO)[C@@H](O)C(O)C1O[C@H]1OC(CO)[C@@H](O)C(O)C1O[C@@H]1OC(CO)[C@@H](O)C(O)C1O. The molecule has 0 bridgehead atoms. The average molecular weight is 587 g/mol. The van der Waals surface area contributed by atoms with Crippen LogP contribution >= 0.6 is 0 Å². The van der Waals surface area contributed by atoms with E-state index >= 15 is 0 Å². The first-order chi connectivity index (χ1) is 19.1. The summed E-state index contributed by atoms with van der Waals surface area (Å²) in [6, 6.07) is 0. The number of aliphatic hydroxyl groups excluding tert-OH is 10. The highest BCUT2D eigenvalue weighted by Crippen LogP contribution is 2.33. The van der Waals surface area contributed by atoms with Gasteiger partial charge in [-0.3, -0.25) is 0 Å². The molecule has 9 unspecified atom stereocenters. The largest absolute Gasteiger partial charge is 0.394 e. The van der Waals surface area contributed by atoms with Crippen LogP contribution in [0.5, 0.6) is 0 Å². The second-order valence-electron chi connectivity index (χ2n) is 9.97. The van der Waals surface area contributed by atoms with Crippen molar-refractivity contribution in [1.82, 2.24) is 0 Å². The molecule has 0 aromatic heterocycles. The molecule has 0 aromatic carbocycles. The first-order valence-electron chi connectivity index (χ1n) is 13.2. The van der Waals surface area contributed by atoms with Crippen LogP contribution in [0.3, 0.4) is 0 Å². The van der Waals surface area contributed by atoms with Gasteiger partial charge in [0.05, 0.1) is 19.8 Å². The molecule has 3 rings (SSSR count). The zero-order valence-electron chi connectivity index (χ0n) is 21.8. The summed E-state index contributed by atoms with van der Waals surface area (Å²) in [6.07, 6.45) is -20.6. The number of aliphatic hydroxyl groups is 10. The molecule has 0 saturated carbocycles. The summed E-state index contributed by atoms with van der Waals surface area (Å²) >= 11 is 0. The quantitative estimate of drug-likeness (QED) is 0.0714. The molecule has 3 aliphatic rings. The van der Waals surface area contributed by atoms with Gasteiger partial charge in [-0.2, -0.15) is 0 Å². The van der Waals surface area contributed by atoms with E-state index in [4.69, 9.17) is 28.4 Å². The molecule has 15 atom stereocenters. The van der Waals surface area contributed by atoms with Crippen molar-refractivity contribution >= 4 is 0 Å². The normalized spacial score (nSPS) is 46.3. The van der Waals surface area contributed by atoms with Crippen molar-refractivity contribution in [2.75, 3.05) is 26.4 Å². The van der Waals surface area contributed by atoms with Gasteiger partial charge in [-0.1, -0.05) is 6.08 Å². The fourth-order valence-electron chi connectivity index (χ4n) is 4.73. The van der Waals surface area contributed by atoms with Gasteiger partial charge in [0.25, 0.3) is 0 Å². The van der Waals surface area contributed by atoms with Crippen LogP contribution in [0.25, 0.3) is 0 Å². The third-order valence-corrected chi connectivity index (χ3v) is 7.16. The number of hydrogen-bond donors (Lipinski definition) is 10. The van der Waals surface area contributed by atoms with Crippen LogP contribution in [0.2, 0.25) is 0 Å². The van der Waals surface area contributed by atoms with Crippen molar-refractivity contribution in [1.29, 1.82) is 0 Å². The lowest BCUT2D eigenvalue weighted by Gasteiger charge is -2.48. The number of allylic oxidation sites excluding steroid dienone is 1. The number of rotatable bonds is 13. The van der Waals surface area contributed by atoms with Gasteiger partial charge in [0.1, 0.15) is 73.2 Å². The van der Waals surface area contributed by atoms with Crippen LogP contribution in [-0.2, 0) is 28.4 Å². The van der Waals surface area contributed by atoms with Gasteiger partial charge in [0.2, 0.25) is 0 Å². The lowest BCUT2D eigenvalue weighted by atomic mass is 9.96. The van der Waals surface area contributed by atoms with E-state index in [-0.39, 0.29) is 6.61 Å². The molecule has 16 nitrogen and oxygen atoms in total. The van der Waals surface area contributed by atoms with E-state index in [1.54, 1.807) is 6.08 Å². The Morgan fingerprint density at radius 3 is 1.52 bits per heavy atom. The minimum absolute atomic E-state index is 0.135. The summed E-state index contributed by atoms with van der Waals surface area (Å²) in [5.74, 6) is 0. The second-order valence-corrected chi connectivity index (χ2v) is 9.97. The average Bonchev–Trinajstić information content (AvgIpc) is 2.95. The van der Waals surface area contributed by atoms with Gasteiger partial charge >= 0.3 is 0 Å². The van der Waals surface area contributed by atoms with Crippen LogP contribution in [0, 0.1) is 0 Å². The van der Waals surface area contributed by atoms with Crippen molar-refractivity contribution in [3.8, 4) is 0 Å². The number of unbranched alkanes of at least 4 members (excludes halogenated alkanes) is 2. The third kappa shape index (κ3) is 7.54. The highest BCUT2D eigenvalue weighted by Gasteiger charge is 2.54. The Kier molecular flexibility index (Phi) is 13.0. The Bertz CT molecular complexity index is 758. The summed E-state index contributed by atoms with van der Waals surface area (Å²) in [6.45, 7) is 1.59. The van der Waals surface area contributed by atoms with Crippen molar-refractivity contribution < 1.29 is 79.5 Å². The van der Waals surface area contributed by atoms with Crippen LogP contribution in [0.1, 0.15) is 19.3 Å². The maximum Gasteiger partial charge on any atom is 0.187 e. The maximum absolute atomic E-state index is 10.8. The minimum atomic E-state index is -1.87. The van der Waals surface area contributed by atoms with Gasteiger partial charge in [0, 0.05) is 6.61 Å². The fraction of sp³-hybridized carbons (Fsp3) is 0.917. The molecule has 40 heavy (non-hydrogen) atoms. The Hall–Kier alpha value is -0.900. The fourth-order valence-corrected chi connectivity index (χ4v) is 4.73. The van der Waals surface area contributed by atoms with Gasteiger partial charge < -0.3 is 79.5 Å². The van der Waals surface area contributed by atoms with E-state index < -0.39 is 112 Å². The first kappa shape index (κ1) is 33.6. The third-order valence-electron chi connectivity index (χ3n) is 7.16. The van der Waals surface area contributed by atoms with Crippen LogP contribution in [0.15, 0.2) is 12.7 Å². The summed E-state index contributed by atoms with van der Waals surface area (Å²) in [5.41, 5.74) is 0. The lowest BCUT2D eigenvalue weighted by molar-refractivity contribution is -0.393. The number of ether oxygens (including phenoxy) is 6. The summed E-state index contributed by atoms with van der Waals surface area (Å²) in [4.78, 5) is 0. The predicted octanol–water partition coefficient (Wildman–Crippen LogP) is -5.19. The van der Waals surface area contributed by atoms with Crippen LogP contribution < -0.4 is 0 Å². The molecule has 0 aliphatic carbocycles. The van der Waals surface area contributed by atoms with E-state index in [1.807, 2.05) is 0 Å². The van der Waals surface area contributed by atoms with Crippen LogP contribution in [0.4, 0.5) is 0 Å². The lowest BCUT2D eigenvalue weighted by Crippen LogP contribution is -2.67. The zero-order valence-corrected chi connectivity index (χ0v) is 21.8. The highest BCUT2D eigenvalue weighted by atomic mass is 16.8. The first-order valence-corrected chi connectivity index (χ1v) is 13.2. The predicted molar refractivity (Wildman–Crippen MR) is 129 cm³/mol. The molecule has 3 fully saturated rings. The maximum atomic E-state index is 10.8. The van der Waals surface area contributed by atoms with Gasteiger partial charge in [-0.25, -0.2) is 0 Å². The molecule has 3 saturated heterocycles. The van der Waals surface area contributed by atoms with E-state index in [0.29, 0.717) is 6.42 Å². The van der Waals surface area contributed by atoms with Gasteiger partial charge in [0.15, 0.2) is 18.9 Å². The standard InChI is InChI=1S/C24H42O16/c1-2-3-4-5-6-35-23-20(17(32)14(29)11(8-26)37-23)40-24-21(18(33)15(30)12(9-27)38-24)39-22-19(34)16(31)13(28)10(7-25)36-22/h2,10-34H,1,3-9H2/t10?,11?,12?,13-,14-,15-,16?,17?,18?,19?,20?,21?,22+,23+,24-/m1/s1. The Morgan fingerprint density at radius 1 is 0.550 bits per heavy atom. The summed E-state index contributed by atoms with van der Waals surface area (Å²) in [5, 5.41) is 102. The summed E-state index contributed by atoms with van der Waals surface area (Å²) in [7, 11) is 0. The molecule has 3 heterocycles. The van der Waals surface area contributed by atoms with E-state index in [0.717, 1.165) is 12.8 Å². The summed E-state index contributed by atoms with van der Waals surface area (Å²) < 4.78 is 33.7. The molecule has 0 aromatic rings. The minimum Gasteiger partial charge on any atom is -0.394 e. The van der Waals surface area contributed by atoms with E-state index in [2.05, 4.69) is 6.58 Å². The second kappa shape index (κ2) is 15.5. The molecular formula is C24H42O16. The van der Waals surface area contributed by atoms with Gasteiger partial charge in [-0.05, 0) is 19.3 Å². The van der Waals surface area contributed by atoms with Gasteiger partial charge in [-0.15, -0.1) is 6.58 Å². The molecule has 0 radical (unpaired) electrons. The van der Waals surface area contributed by atoms with Crippen molar-refractivity contribution in [2.45, 2.75) is 111 Å². The molecule has 16 heteroatoms. The monoisotopic (exact) mass is 586 g/mol. The highest BCUT2D eigenvalue weighted by molar-refractivity contribution is 4.96. The molecule has 0 spiro atoms. The topological polar surface area (TPSA) is 258 Å². The molecular weight excluding hydrogens is 544 g/mol. The molecule has 3 aliphatic heterocycles. The van der Waals surface area contributed by atoms with E-state index in [1.165, 1.54) is 0 Å². The Morgan fingerprint density at radius 2 is 1.00 bits per heavy atom. The van der Waals surface area contributed by atoms with Crippen molar-refractivity contribution in [3.05, 3.63) is 12.7 Å².